The van der Waals surface area contributed by atoms with E-state index in [1.807, 2.05) is 0 Å². The fourth-order valence-electron chi connectivity index (χ4n) is 3.12. The molecule has 0 amide bonds. The molecule has 0 saturated heterocycles. The highest BCUT2D eigenvalue weighted by Gasteiger charge is 2.19. The lowest BCUT2D eigenvalue weighted by Gasteiger charge is -2.33. The van der Waals surface area contributed by atoms with E-state index < -0.39 is 0 Å². The minimum absolute atomic E-state index is 0.699. The van der Waals surface area contributed by atoms with Gasteiger partial charge >= 0.3 is 0 Å². The van der Waals surface area contributed by atoms with E-state index in [9.17, 15) is 0 Å². The smallest absolute Gasteiger partial charge is 0.0510 e. The van der Waals surface area contributed by atoms with Crippen LogP contribution in [0.1, 0.15) is 51.5 Å². The molecule has 0 unspecified atom stereocenters. The van der Waals surface area contributed by atoms with E-state index in [1.54, 1.807) is 0 Å². The number of anilines is 1. The van der Waals surface area contributed by atoms with Gasteiger partial charge in [-0.15, -0.1) is 0 Å². The number of halogens is 1. The van der Waals surface area contributed by atoms with Gasteiger partial charge in [0, 0.05) is 24.1 Å². The molecule has 0 aliphatic heterocycles. The third kappa shape index (κ3) is 5.00. The summed E-state index contributed by atoms with van der Waals surface area (Å²) in [4.78, 5) is 2.47. The van der Waals surface area contributed by atoms with Gasteiger partial charge in [0.15, 0.2) is 0 Å². The molecule has 0 atom stereocenters. The van der Waals surface area contributed by atoms with Gasteiger partial charge in [-0.25, -0.2) is 0 Å². The van der Waals surface area contributed by atoms with Crippen LogP contribution < -0.4 is 10.2 Å². The van der Waals surface area contributed by atoms with E-state index in [0.29, 0.717) is 12.0 Å². The average Bonchev–Trinajstić information content (AvgIpc) is 2.47. The van der Waals surface area contributed by atoms with Gasteiger partial charge in [-0.3, -0.25) is 0 Å². The minimum Gasteiger partial charge on any atom is -0.371 e. The highest BCUT2D eigenvalue weighted by atomic mass is 79.9. The molecule has 1 aliphatic rings. The highest BCUT2D eigenvalue weighted by Crippen LogP contribution is 2.32. The molecular formula is C18H29BrN2. The van der Waals surface area contributed by atoms with E-state index in [4.69, 9.17) is 0 Å². The molecule has 1 fully saturated rings. The van der Waals surface area contributed by atoms with Crippen molar-refractivity contribution in [3.8, 4) is 0 Å². The fourth-order valence-corrected chi connectivity index (χ4v) is 3.82. The van der Waals surface area contributed by atoms with Crippen LogP contribution in [0.3, 0.4) is 0 Å². The van der Waals surface area contributed by atoms with Crippen molar-refractivity contribution in [2.75, 3.05) is 18.5 Å². The van der Waals surface area contributed by atoms with Gasteiger partial charge in [0.25, 0.3) is 0 Å². The van der Waals surface area contributed by atoms with E-state index in [2.05, 4.69) is 65.2 Å². The Morgan fingerprint density at radius 3 is 2.57 bits per heavy atom. The molecule has 2 nitrogen and oxygen atoms in total. The van der Waals surface area contributed by atoms with Crippen molar-refractivity contribution < 1.29 is 0 Å². The molecule has 21 heavy (non-hydrogen) atoms. The SMILES string of the molecule is CC(C)CNCc1ccc(N(C)C2CCCCC2)c(Br)c1. The van der Waals surface area contributed by atoms with Crippen molar-refractivity contribution in [2.45, 2.75) is 58.5 Å². The standard InChI is InChI=1S/C18H29BrN2/c1-14(2)12-20-13-15-9-10-18(17(19)11-15)21(3)16-7-5-4-6-8-16/h9-11,14,16,20H,4-8,12-13H2,1-3H3. The second kappa shape index (κ2) is 8.19. The molecule has 3 heteroatoms. The van der Waals surface area contributed by atoms with Crippen LogP contribution in [0.5, 0.6) is 0 Å². The molecule has 0 aromatic heterocycles. The number of hydrogen-bond donors (Lipinski definition) is 1. The van der Waals surface area contributed by atoms with Gasteiger partial charge in [-0.05, 0) is 58.9 Å². The Hall–Kier alpha value is -0.540. The van der Waals surface area contributed by atoms with Gasteiger partial charge in [0.05, 0.1) is 5.69 Å². The second-order valence-corrected chi connectivity index (χ2v) is 7.57. The van der Waals surface area contributed by atoms with Gasteiger partial charge in [0.2, 0.25) is 0 Å². The molecule has 1 N–H and O–H groups in total. The van der Waals surface area contributed by atoms with E-state index >= 15 is 0 Å². The summed E-state index contributed by atoms with van der Waals surface area (Å²) in [5, 5.41) is 3.51. The average molecular weight is 353 g/mol. The predicted octanol–water partition coefficient (Wildman–Crippen LogP) is 4.96. The minimum atomic E-state index is 0.699. The topological polar surface area (TPSA) is 15.3 Å². The Labute approximate surface area is 138 Å². The van der Waals surface area contributed by atoms with Gasteiger partial charge in [-0.1, -0.05) is 39.2 Å². The third-order valence-corrected chi connectivity index (χ3v) is 5.03. The Morgan fingerprint density at radius 2 is 1.95 bits per heavy atom. The summed E-state index contributed by atoms with van der Waals surface area (Å²) in [6, 6.07) is 7.50. The highest BCUT2D eigenvalue weighted by molar-refractivity contribution is 9.10. The largest absolute Gasteiger partial charge is 0.371 e. The summed E-state index contributed by atoms with van der Waals surface area (Å²) in [5.41, 5.74) is 2.68. The lowest BCUT2D eigenvalue weighted by molar-refractivity contribution is 0.427. The van der Waals surface area contributed by atoms with Crippen molar-refractivity contribution >= 4 is 21.6 Å². The van der Waals surface area contributed by atoms with Crippen molar-refractivity contribution in [2.24, 2.45) is 5.92 Å². The molecule has 1 saturated carbocycles. The Kier molecular flexibility index (Phi) is 6.56. The summed E-state index contributed by atoms with van der Waals surface area (Å²) in [6.07, 6.45) is 6.83. The lowest BCUT2D eigenvalue weighted by atomic mass is 9.94. The van der Waals surface area contributed by atoms with E-state index in [0.717, 1.165) is 13.1 Å². The summed E-state index contributed by atoms with van der Waals surface area (Å²) < 4.78 is 1.22. The zero-order valence-electron chi connectivity index (χ0n) is 13.7. The number of nitrogens with one attached hydrogen (secondary N) is 1. The van der Waals surface area contributed by atoms with Crippen LogP contribution in [0.2, 0.25) is 0 Å². The number of hydrogen-bond acceptors (Lipinski definition) is 2. The number of benzene rings is 1. The normalized spacial score (nSPS) is 16.4. The maximum absolute atomic E-state index is 3.77. The van der Waals surface area contributed by atoms with Crippen LogP contribution in [0.25, 0.3) is 0 Å². The predicted molar refractivity (Wildman–Crippen MR) is 96.0 cm³/mol. The number of rotatable bonds is 6. The maximum Gasteiger partial charge on any atom is 0.0510 e. The monoisotopic (exact) mass is 352 g/mol. The summed E-state index contributed by atoms with van der Waals surface area (Å²) in [6.45, 7) is 6.50. The molecular weight excluding hydrogens is 324 g/mol. The molecule has 118 valence electrons. The molecule has 0 spiro atoms. The zero-order chi connectivity index (χ0) is 15.2. The van der Waals surface area contributed by atoms with Crippen LogP contribution in [-0.2, 0) is 6.54 Å². The third-order valence-electron chi connectivity index (χ3n) is 4.40. The Balaban J connectivity index is 1.97. The first-order chi connectivity index (χ1) is 10.1. The van der Waals surface area contributed by atoms with Crippen LogP contribution in [0.4, 0.5) is 5.69 Å². The molecule has 1 aromatic carbocycles. The summed E-state index contributed by atoms with van der Waals surface area (Å²) in [5.74, 6) is 0.699. The van der Waals surface area contributed by atoms with Gasteiger partial charge in [-0.2, -0.15) is 0 Å². The molecule has 1 aliphatic carbocycles. The molecule has 0 radical (unpaired) electrons. The first-order valence-corrected chi connectivity index (χ1v) is 9.09. The molecule has 2 rings (SSSR count). The first kappa shape index (κ1) is 16.8. The molecule has 1 aromatic rings. The van der Waals surface area contributed by atoms with Crippen molar-refractivity contribution in [3.05, 3.63) is 28.2 Å². The van der Waals surface area contributed by atoms with Crippen molar-refractivity contribution in [1.82, 2.24) is 5.32 Å². The van der Waals surface area contributed by atoms with E-state index in [-0.39, 0.29) is 0 Å². The quantitative estimate of drug-likeness (QED) is 0.777. The Morgan fingerprint density at radius 1 is 1.24 bits per heavy atom. The summed E-state index contributed by atoms with van der Waals surface area (Å²) >= 11 is 3.77. The lowest BCUT2D eigenvalue weighted by Crippen LogP contribution is -2.33. The van der Waals surface area contributed by atoms with Crippen LogP contribution in [0, 0.1) is 5.92 Å². The van der Waals surface area contributed by atoms with Crippen molar-refractivity contribution in [3.63, 3.8) is 0 Å². The van der Waals surface area contributed by atoms with Crippen LogP contribution in [0.15, 0.2) is 22.7 Å². The van der Waals surface area contributed by atoms with Crippen molar-refractivity contribution in [1.29, 1.82) is 0 Å². The van der Waals surface area contributed by atoms with Gasteiger partial charge < -0.3 is 10.2 Å². The van der Waals surface area contributed by atoms with Crippen LogP contribution >= 0.6 is 15.9 Å². The first-order valence-electron chi connectivity index (χ1n) is 8.30. The molecule has 0 bridgehead atoms. The second-order valence-electron chi connectivity index (χ2n) is 6.71. The van der Waals surface area contributed by atoms with Crippen LogP contribution in [-0.4, -0.2) is 19.6 Å². The zero-order valence-corrected chi connectivity index (χ0v) is 15.2. The molecule has 0 heterocycles. The summed E-state index contributed by atoms with van der Waals surface area (Å²) in [7, 11) is 2.24. The number of nitrogens with zero attached hydrogens (tertiary/aromatic N) is 1. The van der Waals surface area contributed by atoms with Gasteiger partial charge in [0.1, 0.15) is 0 Å². The fraction of sp³-hybridized carbons (Fsp3) is 0.667. The Bertz CT molecular complexity index is 439. The maximum atomic E-state index is 3.77. The van der Waals surface area contributed by atoms with E-state index in [1.165, 1.54) is 47.8 Å².